The van der Waals surface area contributed by atoms with Gasteiger partial charge in [0.05, 0.1) is 0 Å². The molecule has 7 heteroatoms. The molecule has 1 heterocycles. The van der Waals surface area contributed by atoms with Gasteiger partial charge < -0.3 is 20.1 Å². The number of carbonyl (C=O) groups excluding carboxylic acids is 2. The molecule has 25 heavy (non-hydrogen) atoms. The van der Waals surface area contributed by atoms with Gasteiger partial charge in [-0.2, -0.15) is 0 Å². The van der Waals surface area contributed by atoms with Crippen molar-refractivity contribution in [3.8, 4) is 0 Å². The normalized spacial score (nSPS) is 22.4. The lowest BCUT2D eigenvalue weighted by atomic mass is 9.85. The van der Waals surface area contributed by atoms with Crippen LogP contribution in [0.5, 0.6) is 0 Å². The number of nitrogens with one attached hydrogen (secondary N) is 1. The van der Waals surface area contributed by atoms with Crippen molar-refractivity contribution in [3.63, 3.8) is 0 Å². The van der Waals surface area contributed by atoms with Crippen molar-refractivity contribution >= 4 is 18.0 Å². The molecule has 0 bridgehead atoms. The minimum Gasteiger partial charge on any atom is -0.480 e. The van der Waals surface area contributed by atoms with Crippen molar-refractivity contribution < 1.29 is 24.2 Å². The maximum absolute atomic E-state index is 13.1. The highest BCUT2D eigenvalue weighted by atomic mass is 16.6. The highest BCUT2D eigenvalue weighted by molar-refractivity contribution is 5.90. The second kappa shape index (κ2) is 7.62. The van der Waals surface area contributed by atoms with E-state index in [1.54, 1.807) is 20.8 Å². The molecule has 3 atom stereocenters. The Kier molecular flexibility index (Phi) is 6.48. The Balaban J connectivity index is 3.02. The standard InChI is InChI=1S/C18H32N2O5/c1-8-11-9-10-20(12(11)15(22)23)14(21)13(17(2,3)4)19-16(24)25-18(5,6)7/h11-13H,8-10H2,1-7H3,(H,19,24)(H,22,23)/t11-,12+,13?/m1/s1. The summed E-state index contributed by atoms with van der Waals surface area (Å²) in [6, 6.07) is -1.71. The van der Waals surface area contributed by atoms with Crippen LogP contribution in [0.2, 0.25) is 0 Å². The molecule has 7 nitrogen and oxygen atoms in total. The van der Waals surface area contributed by atoms with Crippen molar-refractivity contribution in [1.82, 2.24) is 10.2 Å². The Hall–Kier alpha value is -1.79. The number of aliphatic carboxylic acids is 1. The van der Waals surface area contributed by atoms with Crippen LogP contribution in [0.4, 0.5) is 4.79 Å². The molecule has 2 N–H and O–H groups in total. The van der Waals surface area contributed by atoms with E-state index in [2.05, 4.69) is 5.32 Å². The molecule has 0 aromatic carbocycles. The summed E-state index contributed by atoms with van der Waals surface area (Å²) >= 11 is 0. The minimum atomic E-state index is -0.998. The van der Waals surface area contributed by atoms with Crippen molar-refractivity contribution in [2.45, 2.75) is 79.0 Å². The van der Waals surface area contributed by atoms with Crippen LogP contribution in [-0.4, -0.2) is 52.2 Å². The first-order valence-electron chi connectivity index (χ1n) is 8.80. The maximum Gasteiger partial charge on any atom is 0.408 e. The summed E-state index contributed by atoms with van der Waals surface area (Å²) in [4.78, 5) is 38.3. The molecule has 0 saturated carbocycles. The van der Waals surface area contributed by atoms with Crippen LogP contribution in [-0.2, 0) is 14.3 Å². The van der Waals surface area contributed by atoms with Gasteiger partial charge in [-0.15, -0.1) is 0 Å². The Morgan fingerprint density at radius 2 is 1.76 bits per heavy atom. The molecule has 0 radical (unpaired) electrons. The van der Waals surface area contributed by atoms with Crippen LogP contribution in [0.3, 0.4) is 0 Å². The molecule has 2 amide bonds. The second-order valence-corrected chi connectivity index (χ2v) is 8.72. The molecule has 1 aliphatic heterocycles. The third-order valence-electron chi connectivity index (χ3n) is 4.36. The Labute approximate surface area is 150 Å². The summed E-state index contributed by atoms with van der Waals surface area (Å²) in [7, 11) is 0. The number of carboxylic acid groups (broad SMARTS) is 1. The summed E-state index contributed by atoms with van der Waals surface area (Å²) in [5.41, 5.74) is -1.26. The van der Waals surface area contributed by atoms with Gasteiger partial charge in [-0.05, 0) is 38.5 Å². The SMILES string of the molecule is CC[C@@H]1CCN(C(=O)C(NC(=O)OC(C)(C)C)C(C)(C)C)[C@@H]1C(=O)O. The number of carboxylic acids is 1. The molecule has 0 aromatic heterocycles. The Morgan fingerprint density at radius 1 is 1.20 bits per heavy atom. The van der Waals surface area contributed by atoms with Gasteiger partial charge in [0, 0.05) is 6.54 Å². The van der Waals surface area contributed by atoms with Crippen molar-refractivity contribution in [2.75, 3.05) is 6.54 Å². The maximum atomic E-state index is 13.1. The molecule has 0 aliphatic carbocycles. The van der Waals surface area contributed by atoms with E-state index >= 15 is 0 Å². The van der Waals surface area contributed by atoms with E-state index < -0.39 is 35.2 Å². The lowest BCUT2D eigenvalue weighted by Gasteiger charge is -2.35. The predicted molar refractivity (Wildman–Crippen MR) is 94.1 cm³/mol. The second-order valence-electron chi connectivity index (χ2n) is 8.72. The lowest BCUT2D eigenvalue weighted by Crippen LogP contribution is -2.57. The van der Waals surface area contributed by atoms with E-state index in [0.717, 1.165) is 0 Å². The average molecular weight is 356 g/mol. The van der Waals surface area contributed by atoms with Crippen LogP contribution in [0.25, 0.3) is 0 Å². The first-order chi connectivity index (χ1) is 11.3. The highest BCUT2D eigenvalue weighted by Gasteiger charge is 2.45. The molecular formula is C18H32N2O5. The highest BCUT2D eigenvalue weighted by Crippen LogP contribution is 2.30. The zero-order valence-corrected chi connectivity index (χ0v) is 16.4. The zero-order valence-electron chi connectivity index (χ0n) is 16.4. The molecule has 1 aliphatic rings. The number of amides is 2. The molecular weight excluding hydrogens is 324 g/mol. The number of hydrogen-bond donors (Lipinski definition) is 2. The van der Waals surface area contributed by atoms with E-state index in [1.807, 2.05) is 27.7 Å². The summed E-state index contributed by atoms with van der Waals surface area (Å²) in [6.45, 7) is 13.0. The number of rotatable bonds is 4. The third-order valence-corrected chi connectivity index (χ3v) is 4.36. The van der Waals surface area contributed by atoms with Gasteiger partial charge in [0.1, 0.15) is 17.7 Å². The number of hydrogen-bond acceptors (Lipinski definition) is 4. The van der Waals surface area contributed by atoms with Crippen LogP contribution >= 0.6 is 0 Å². The Bertz CT molecular complexity index is 519. The van der Waals surface area contributed by atoms with E-state index in [-0.39, 0.29) is 11.8 Å². The first-order valence-corrected chi connectivity index (χ1v) is 8.80. The van der Waals surface area contributed by atoms with Gasteiger partial charge in [0.2, 0.25) is 5.91 Å². The van der Waals surface area contributed by atoms with Crippen molar-refractivity contribution in [1.29, 1.82) is 0 Å². The van der Waals surface area contributed by atoms with Crippen LogP contribution in [0.1, 0.15) is 61.3 Å². The fraction of sp³-hybridized carbons (Fsp3) is 0.833. The summed E-state index contributed by atoms with van der Waals surface area (Å²) in [6.07, 6.45) is 0.669. The van der Waals surface area contributed by atoms with Gasteiger partial charge in [-0.1, -0.05) is 34.1 Å². The molecule has 1 unspecified atom stereocenters. The predicted octanol–water partition coefficient (Wildman–Crippen LogP) is 2.64. The Morgan fingerprint density at radius 3 is 2.16 bits per heavy atom. The van der Waals surface area contributed by atoms with E-state index in [9.17, 15) is 19.5 Å². The van der Waals surface area contributed by atoms with Crippen LogP contribution < -0.4 is 5.32 Å². The molecule has 144 valence electrons. The van der Waals surface area contributed by atoms with Crippen molar-refractivity contribution in [3.05, 3.63) is 0 Å². The van der Waals surface area contributed by atoms with Gasteiger partial charge in [0.15, 0.2) is 0 Å². The number of alkyl carbamates (subject to hydrolysis) is 1. The van der Waals surface area contributed by atoms with Crippen molar-refractivity contribution in [2.24, 2.45) is 11.3 Å². The van der Waals surface area contributed by atoms with Crippen LogP contribution in [0, 0.1) is 11.3 Å². The molecule has 1 fully saturated rings. The third kappa shape index (κ3) is 5.61. The van der Waals surface area contributed by atoms with E-state index in [0.29, 0.717) is 19.4 Å². The number of nitrogens with zero attached hydrogens (tertiary/aromatic N) is 1. The molecule has 0 aromatic rings. The van der Waals surface area contributed by atoms with Gasteiger partial charge in [0.25, 0.3) is 0 Å². The van der Waals surface area contributed by atoms with E-state index in [4.69, 9.17) is 4.74 Å². The molecule has 0 spiro atoms. The average Bonchev–Trinajstić information content (AvgIpc) is 2.84. The zero-order chi connectivity index (χ0) is 19.6. The molecule has 1 saturated heterocycles. The fourth-order valence-electron chi connectivity index (χ4n) is 3.11. The quantitative estimate of drug-likeness (QED) is 0.807. The van der Waals surface area contributed by atoms with E-state index in [1.165, 1.54) is 4.90 Å². The summed E-state index contributed by atoms with van der Waals surface area (Å²) in [5.74, 6) is -1.44. The number of likely N-dealkylation sites (tertiary alicyclic amines) is 1. The number of ether oxygens (including phenoxy) is 1. The summed E-state index contributed by atoms with van der Waals surface area (Å²) < 4.78 is 5.26. The lowest BCUT2D eigenvalue weighted by molar-refractivity contribution is -0.151. The van der Waals surface area contributed by atoms with Gasteiger partial charge in [-0.3, -0.25) is 4.79 Å². The van der Waals surface area contributed by atoms with Gasteiger partial charge in [-0.25, -0.2) is 9.59 Å². The largest absolute Gasteiger partial charge is 0.480 e. The first kappa shape index (κ1) is 21.3. The summed E-state index contributed by atoms with van der Waals surface area (Å²) in [5, 5.41) is 12.2. The topological polar surface area (TPSA) is 95.9 Å². The van der Waals surface area contributed by atoms with Gasteiger partial charge >= 0.3 is 12.1 Å². The smallest absolute Gasteiger partial charge is 0.408 e. The minimum absolute atomic E-state index is 0.0661. The fourth-order valence-corrected chi connectivity index (χ4v) is 3.11. The number of carbonyl (C=O) groups is 3. The molecule has 1 rings (SSSR count). The monoisotopic (exact) mass is 356 g/mol. The van der Waals surface area contributed by atoms with Crippen LogP contribution in [0.15, 0.2) is 0 Å².